The number of nitrogens with two attached hydrogens (primary N) is 1. The third-order valence-corrected chi connectivity index (χ3v) is 3.65. The molecule has 1 aromatic heterocycles. The van der Waals surface area contributed by atoms with E-state index in [1.54, 1.807) is 0 Å². The summed E-state index contributed by atoms with van der Waals surface area (Å²) < 4.78 is 0. The van der Waals surface area contributed by atoms with Gasteiger partial charge in [-0.3, -0.25) is 0 Å². The van der Waals surface area contributed by atoms with E-state index in [-0.39, 0.29) is 6.04 Å². The second-order valence-electron chi connectivity index (χ2n) is 5.16. The molecule has 2 aromatic carbocycles. The monoisotopic (exact) mass is 277 g/mol. The summed E-state index contributed by atoms with van der Waals surface area (Å²) in [5, 5.41) is 4.57. The maximum Gasteiger partial charge on any atom is 0.127 e. The standard InChI is InChI=1S/C18H19N3/c1-2-16(13-6-4-3-5-7-13)20-18-11-8-14-12-15(19)9-10-17(14)21-18/h3-12,16H,2,19H2,1H3,(H,20,21). The van der Waals surface area contributed by atoms with Gasteiger partial charge in [0.2, 0.25) is 0 Å². The summed E-state index contributed by atoms with van der Waals surface area (Å²) in [5.74, 6) is 0.892. The Balaban J connectivity index is 1.88. The van der Waals surface area contributed by atoms with E-state index in [4.69, 9.17) is 5.73 Å². The van der Waals surface area contributed by atoms with E-state index in [0.717, 1.165) is 28.8 Å². The number of nitrogen functional groups attached to an aromatic ring is 1. The third kappa shape index (κ3) is 2.97. The molecule has 3 N–H and O–H groups in total. The molecule has 1 heterocycles. The van der Waals surface area contributed by atoms with E-state index in [9.17, 15) is 0 Å². The van der Waals surface area contributed by atoms with Crippen LogP contribution >= 0.6 is 0 Å². The summed E-state index contributed by atoms with van der Waals surface area (Å²) >= 11 is 0. The van der Waals surface area contributed by atoms with Crippen LogP contribution in [0.2, 0.25) is 0 Å². The van der Waals surface area contributed by atoms with Crippen molar-refractivity contribution in [3.8, 4) is 0 Å². The molecule has 0 radical (unpaired) electrons. The van der Waals surface area contributed by atoms with Crippen LogP contribution in [0.15, 0.2) is 60.7 Å². The maximum atomic E-state index is 5.80. The summed E-state index contributed by atoms with van der Waals surface area (Å²) in [4.78, 5) is 4.66. The molecule has 0 spiro atoms. The maximum absolute atomic E-state index is 5.80. The summed E-state index contributed by atoms with van der Waals surface area (Å²) in [6.07, 6.45) is 1.01. The van der Waals surface area contributed by atoms with E-state index in [1.165, 1.54) is 5.56 Å². The summed E-state index contributed by atoms with van der Waals surface area (Å²) in [6.45, 7) is 2.17. The molecule has 0 amide bonds. The molecule has 1 unspecified atom stereocenters. The molecule has 0 saturated carbocycles. The van der Waals surface area contributed by atoms with Gasteiger partial charge in [-0.2, -0.15) is 0 Å². The van der Waals surface area contributed by atoms with Crippen LogP contribution in [0.25, 0.3) is 10.9 Å². The fourth-order valence-electron chi connectivity index (χ4n) is 2.51. The first-order valence-electron chi connectivity index (χ1n) is 7.24. The Hall–Kier alpha value is -2.55. The largest absolute Gasteiger partial charge is 0.399 e. The average molecular weight is 277 g/mol. The zero-order valence-electron chi connectivity index (χ0n) is 12.1. The lowest BCUT2D eigenvalue weighted by atomic mass is 10.0. The Bertz CT molecular complexity index is 738. The van der Waals surface area contributed by atoms with Gasteiger partial charge in [-0.25, -0.2) is 4.98 Å². The van der Waals surface area contributed by atoms with E-state index in [0.29, 0.717) is 0 Å². The van der Waals surface area contributed by atoms with Crippen LogP contribution in [0.3, 0.4) is 0 Å². The number of fused-ring (bicyclic) bond motifs is 1. The van der Waals surface area contributed by atoms with Crippen molar-refractivity contribution in [1.29, 1.82) is 0 Å². The predicted octanol–water partition coefficient (Wildman–Crippen LogP) is 4.38. The molecule has 0 saturated heterocycles. The molecular weight excluding hydrogens is 258 g/mol. The number of pyridine rings is 1. The van der Waals surface area contributed by atoms with Crippen LogP contribution in [0, 0.1) is 0 Å². The fraction of sp³-hybridized carbons (Fsp3) is 0.167. The van der Waals surface area contributed by atoms with Gasteiger partial charge in [0.15, 0.2) is 0 Å². The molecule has 3 rings (SSSR count). The minimum Gasteiger partial charge on any atom is -0.399 e. The van der Waals surface area contributed by atoms with Crippen LogP contribution in [-0.2, 0) is 0 Å². The third-order valence-electron chi connectivity index (χ3n) is 3.65. The fourth-order valence-corrected chi connectivity index (χ4v) is 2.51. The van der Waals surface area contributed by atoms with E-state index in [1.807, 2.05) is 30.3 Å². The zero-order valence-corrected chi connectivity index (χ0v) is 12.1. The number of hydrogen-bond donors (Lipinski definition) is 2. The molecule has 0 aliphatic heterocycles. The van der Waals surface area contributed by atoms with Crippen LogP contribution < -0.4 is 11.1 Å². The lowest BCUT2D eigenvalue weighted by Crippen LogP contribution is -2.10. The van der Waals surface area contributed by atoms with Crippen molar-refractivity contribution in [2.75, 3.05) is 11.1 Å². The van der Waals surface area contributed by atoms with Crippen LogP contribution in [0.4, 0.5) is 11.5 Å². The van der Waals surface area contributed by atoms with Gasteiger partial charge in [-0.05, 0) is 42.3 Å². The van der Waals surface area contributed by atoms with Crippen molar-refractivity contribution in [2.24, 2.45) is 0 Å². The Labute approximate surface area is 124 Å². The van der Waals surface area contributed by atoms with Crippen molar-refractivity contribution in [1.82, 2.24) is 4.98 Å². The van der Waals surface area contributed by atoms with Crippen LogP contribution in [0.1, 0.15) is 24.9 Å². The molecule has 3 heteroatoms. The van der Waals surface area contributed by atoms with E-state index >= 15 is 0 Å². The second kappa shape index (κ2) is 5.83. The first kappa shape index (κ1) is 13.4. The zero-order chi connectivity index (χ0) is 14.7. The highest BCUT2D eigenvalue weighted by molar-refractivity contribution is 5.83. The van der Waals surface area contributed by atoms with Gasteiger partial charge in [-0.15, -0.1) is 0 Å². The molecule has 0 bridgehead atoms. The summed E-state index contributed by atoms with van der Waals surface area (Å²) in [5.41, 5.74) is 8.79. The Morgan fingerprint density at radius 1 is 1.05 bits per heavy atom. The highest BCUT2D eigenvalue weighted by Gasteiger charge is 2.09. The van der Waals surface area contributed by atoms with Gasteiger partial charge in [0.1, 0.15) is 5.82 Å². The highest BCUT2D eigenvalue weighted by Crippen LogP contribution is 2.23. The quantitative estimate of drug-likeness (QED) is 0.696. The van der Waals surface area contributed by atoms with Crippen LogP contribution in [0.5, 0.6) is 0 Å². The van der Waals surface area contributed by atoms with Crippen molar-refractivity contribution < 1.29 is 0 Å². The molecule has 0 fully saturated rings. The smallest absolute Gasteiger partial charge is 0.127 e. The van der Waals surface area contributed by atoms with E-state index in [2.05, 4.69) is 47.6 Å². The van der Waals surface area contributed by atoms with Gasteiger partial charge in [0, 0.05) is 11.1 Å². The lowest BCUT2D eigenvalue weighted by molar-refractivity contribution is 0.745. The van der Waals surface area contributed by atoms with Gasteiger partial charge >= 0.3 is 0 Å². The Morgan fingerprint density at radius 2 is 1.86 bits per heavy atom. The SMILES string of the molecule is CCC(Nc1ccc2cc(N)ccc2n1)c1ccccc1. The Kier molecular flexibility index (Phi) is 3.73. The van der Waals surface area contributed by atoms with Crippen molar-refractivity contribution in [3.05, 3.63) is 66.2 Å². The molecule has 106 valence electrons. The number of nitrogens with zero attached hydrogens (tertiary/aromatic N) is 1. The topological polar surface area (TPSA) is 50.9 Å². The molecule has 3 nitrogen and oxygen atoms in total. The number of benzene rings is 2. The lowest BCUT2D eigenvalue weighted by Gasteiger charge is -2.18. The van der Waals surface area contributed by atoms with Crippen molar-refractivity contribution in [2.45, 2.75) is 19.4 Å². The molecule has 21 heavy (non-hydrogen) atoms. The van der Waals surface area contributed by atoms with Gasteiger partial charge in [0.25, 0.3) is 0 Å². The molecule has 1 atom stereocenters. The number of hydrogen-bond acceptors (Lipinski definition) is 3. The highest BCUT2D eigenvalue weighted by atomic mass is 15.0. The first-order valence-corrected chi connectivity index (χ1v) is 7.24. The van der Waals surface area contributed by atoms with Crippen LogP contribution in [-0.4, -0.2) is 4.98 Å². The molecular formula is C18H19N3. The van der Waals surface area contributed by atoms with Crippen molar-refractivity contribution >= 4 is 22.4 Å². The summed E-state index contributed by atoms with van der Waals surface area (Å²) in [6, 6.07) is 20.6. The minimum absolute atomic E-state index is 0.268. The number of rotatable bonds is 4. The average Bonchev–Trinajstić information content (AvgIpc) is 2.53. The normalized spacial score (nSPS) is 12.2. The molecule has 3 aromatic rings. The van der Waals surface area contributed by atoms with Gasteiger partial charge in [0.05, 0.1) is 11.6 Å². The summed E-state index contributed by atoms with van der Waals surface area (Å²) in [7, 11) is 0. The number of anilines is 2. The molecule has 0 aliphatic carbocycles. The number of nitrogens with one attached hydrogen (secondary N) is 1. The minimum atomic E-state index is 0.268. The number of aromatic nitrogens is 1. The first-order chi connectivity index (χ1) is 10.3. The van der Waals surface area contributed by atoms with Gasteiger partial charge in [-0.1, -0.05) is 37.3 Å². The second-order valence-corrected chi connectivity index (χ2v) is 5.16. The molecule has 0 aliphatic rings. The van der Waals surface area contributed by atoms with Crippen molar-refractivity contribution in [3.63, 3.8) is 0 Å². The van der Waals surface area contributed by atoms with Gasteiger partial charge < -0.3 is 11.1 Å². The van der Waals surface area contributed by atoms with E-state index < -0.39 is 0 Å². The predicted molar refractivity (Wildman–Crippen MR) is 89.3 cm³/mol. The Morgan fingerprint density at radius 3 is 2.62 bits per heavy atom.